The molecule has 2 atom stereocenters. The number of anilines is 1. The third kappa shape index (κ3) is 2.33. The smallest absolute Gasteiger partial charge is 0.336 e. The third-order valence-electron chi connectivity index (χ3n) is 5.20. The third-order valence-corrected chi connectivity index (χ3v) is 5.20. The number of nitrogens with zero attached hydrogens (tertiary/aromatic N) is 1. The maximum Gasteiger partial charge on any atom is 0.336 e. The van der Waals surface area contributed by atoms with E-state index in [0.717, 1.165) is 16.9 Å². The fourth-order valence-corrected chi connectivity index (χ4v) is 3.96. The van der Waals surface area contributed by atoms with Gasteiger partial charge in [-0.3, -0.25) is 4.90 Å². The van der Waals surface area contributed by atoms with Gasteiger partial charge in [-0.1, -0.05) is 23.8 Å². The molecular weight excluding hydrogens is 332 g/mol. The Morgan fingerprint density at radius 2 is 2.08 bits per heavy atom. The average molecular weight is 352 g/mol. The van der Waals surface area contributed by atoms with E-state index in [1.54, 1.807) is 19.1 Å². The van der Waals surface area contributed by atoms with Gasteiger partial charge in [-0.05, 0) is 44.5 Å². The van der Waals surface area contributed by atoms with Gasteiger partial charge in [0.25, 0.3) is 0 Å². The van der Waals surface area contributed by atoms with E-state index in [9.17, 15) is 14.7 Å². The van der Waals surface area contributed by atoms with Crippen molar-refractivity contribution >= 4 is 17.7 Å². The summed E-state index contributed by atoms with van der Waals surface area (Å²) in [7, 11) is 0. The Bertz CT molecular complexity index is 939. The standard InChI is InChI=1S/C20H20N2O4/c1-11-7-8-17-14(9-11)15-10-20(3,26-17)22(19(25)21-15)16-6-4-5-13(12(16)2)18(23)24/h4-9,15H,10H2,1-3H3,(H,21,25)(H,23,24). The number of carboxylic acids is 1. The molecule has 2 N–H and O–H groups in total. The molecule has 0 spiro atoms. The Kier molecular flexibility index (Phi) is 3.47. The zero-order valence-electron chi connectivity index (χ0n) is 14.9. The van der Waals surface area contributed by atoms with Gasteiger partial charge in [-0.2, -0.15) is 0 Å². The average Bonchev–Trinajstić information content (AvgIpc) is 2.56. The second-order valence-corrected chi connectivity index (χ2v) is 7.11. The lowest BCUT2D eigenvalue weighted by Gasteiger charge is -2.51. The molecule has 2 aromatic rings. The molecule has 26 heavy (non-hydrogen) atoms. The lowest BCUT2D eigenvalue weighted by molar-refractivity contribution is 0.0376. The highest BCUT2D eigenvalue weighted by Gasteiger charge is 2.50. The lowest BCUT2D eigenvalue weighted by Crippen LogP contribution is -2.65. The summed E-state index contributed by atoms with van der Waals surface area (Å²) in [6.07, 6.45) is 0.575. The van der Waals surface area contributed by atoms with E-state index in [1.807, 2.05) is 32.0 Å². The number of hydrogen-bond acceptors (Lipinski definition) is 3. The molecule has 2 bridgehead atoms. The molecule has 6 heteroatoms. The first kappa shape index (κ1) is 16.4. The summed E-state index contributed by atoms with van der Waals surface area (Å²) in [5, 5.41) is 12.4. The zero-order chi connectivity index (χ0) is 18.6. The van der Waals surface area contributed by atoms with E-state index in [0.29, 0.717) is 17.7 Å². The number of fused-ring (bicyclic) bond motifs is 4. The van der Waals surface area contributed by atoms with Crippen LogP contribution in [-0.4, -0.2) is 22.8 Å². The number of nitrogens with one attached hydrogen (secondary N) is 1. The number of amides is 2. The number of carboxylic acid groups (broad SMARTS) is 1. The van der Waals surface area contributed by atoms with Crippen LogP contribution in [0.1, 0.15) is 46.4 Å². The highest BCUT2D eigenvalue weighted by Crippen LogP contribution is 2.46. The van der Waals surface area contributed by atoms with Gasteiger partial charge in [0.05, 0.1) is 17.3 Å². The predicted molar refractivity (Wildman–Crippen MR) is 96.7 cm³/mol. The number of hydrogen-bond donors (Lipinski definition) is 2. The first-order valence-electron chi connectivity index (χ1n) is 8.53. The lowest BCUT2D eigenvalue weighted by atomic mass is 9.89. The number of benzene rings is 2. The summed E-state index contributed by atoms with van der Waals surface area (Å²) in [4.78, 5) is 25.9. The number of carbonyl (C=O) groups excluding carboxylic acids is 1. The van der Waals surface area contributed by atoms with E-state index in [4.69, 9.17) is 4.74 Å². The molecule has 1 fully saturated rings. The quantitative estimate of drug-likeness (QED) is 0.862. The Labute approximate surface area is 151 Å². The van der Waals surface area contributed by atoms with Gasteiger partial charge in [0.15, 0.2) is 5.72 Å². The minimum atomic E-state index is -1.02. The van der Waals surface area contributed by atoms with Crippen LogP contribution >= 0.6 is 0 Å². The normalized spacial score (nSPS) is 23.7. The van der Waals surface area contributed by atoms with Crippen LogP contribution in [0.15, 0.2) is 36.4 Å². The molecule has 1 saturated heterocycles. The second kappa shape index (κ2) is 5.49. The summed E-state index contributed by atoms with van der Waals surface area (Å²) >= 11 is 0. The van der Waals surface area contributed by atoms with Gasteiger partial charge in [-0.15, -0.1) is 0 Å². The molecule has 2 heterocycles. The molecular formula is C20H20N2O4. The zero-order valence-corrected chi connectivity index (χ0v) is 14.9. The van der Waals surface area contributed by atoms with E-state index < -0.39 is 11.7 Å². The van der Waals surface area contributed by atoms with Crippen LogP contribution in [0.4, 0.5) is 10.5 Å². The molecule has 2 aliphatic heterocycles. The molecule has 4 rings (SSSR count). The predicted octanol–water partition coefficient (Wildman–Crippen LogP) is 3.77. The highest BCUT2D eigenvalue weighted by molar-refractivity contribution is 5.98. The number of ether oxygens (including phenoxy) is 1. The molecule has 0 saturated carbocycles. The van der Waals surface area contributed by atoms with Crippen LogP contribution < -0.4 is 15.0 Å². The van der Waals surface area contributed by atoms with Gasteiger partial charge in [-0.25, -0.2) is 9.59 Å². The van der Waals surface area contributed by atoms with Crippen molar-refractivity contribution in [3.8, 4) is 5.75 Å². The van der Waals surface area contributed by atoms with Crippen molar-refractivity contribution in [3.63, 3.8) is 0 Å². The maximum atomic E-state index is 12.9. The van der Waals surface area contributed by atoms with E-state index in [1.165, 1.54) is 11.0 Å². The molecule has 134 valence electrons. The van der Waals surface area contributed by atoms with Gasteiger partial charge in [0.1, 0.15) is 5.75 Å². The first-order chi connectivity index (χ1) is 12.3. The fourth-order valence-electron chi connectivity index (χ4n) is 3.96. The Morgan fingerprint density at radius 3 is 2.81 bits per heavy atom. The van der Waals surface area contributed by atoms with Crippen LogP contribution in [0.3, 0.4) is 0 Å². The van der Waals surface area contributed by atoms with Crippen molar-refractivity contribution in [2.24, 2.45) is 0 Å². The SMILES string of the molecule is Cc1ccc2c(c1)C1CC(C)(O2)N(c2cccc(C(=O)O)c2C)C(=O)N1. The maximum absolute atomic E-state index is 12.9. The summed E-state index contributed by atoms with van der Waals surface area (Å²) in [5.74, 6) is -0.276. The molecule has 6 nitrogen and oxygen atoms in total. The van der Waals surface area contributed by atoms with Crippen molar-refractivity contribution in [1.82, 2.24) is 5.32 Å². The minimum Gasteiger partial charge on any atom is -0.478 e. The van der Waals surface area contributed by atoms with Crippen LogP contribution in [0.5, 0.6) is 5.75 Å². The van der Waals surface area contributed by atoms with Crippen LogP contribution in [0.2, 0.25) is 0 Å². The number of rotatable bonds is 2. The van der Waals surface area contributed by atoms with Crippen LogP contribution in [0.25, 0.3) is 0 Å². The summed E-state index contributed by atoms with van der Waals surface area (Å²) in [6.45, 7) is 5.59. The molecule has 2 amide bonds. The Morgan fingerprint density at radius 1 is 1.31 bits per heavy atom. The van der Waals surface area contributed by atoms with Gasteiger partial charge >= 0.3 is 12.0 Å². The van der Waals surface area contributed by atoms with Crippen molar-refractivity contribution in [2.75, 3.05) is 4.90 Å². The molecule has 0 aliphatic carbocycles. The molecule has 2 aromatic carbocycles. The van der Waals surface area contributed by atoms with Gasteiger partial charge in [0.2, 0.25) is 0 Å². The van der Waals surface area contributed by atoms with Crippen LogP contribution in [-0.2, 0) is 0 Å². The van der Waals surface area contributed by atoms with Crippen molar-refractivity contribution in [1.29, 1.82) is 0 Å². The largest absolute Gasteiger partial charge is 0.478 e. The topological polar surface area (TPSA) is 78.9 Å². The summed E-state index contributed by atoms with van der Waals surface area (Å²) in [5.41, 5.74) is 2.45. The van der Waals surface area contributed by atoms with Crippen molar-refractivity contribution in [3.05, 3.63) is 58.7 Å². The Balaban J connectivity index is 1.83. The van der Waals surface area contributed by atoms with Crippen LogP contribution in [0, 0.1) is 13.8 Å². The van der Waals surface area contributed by atoms with E-state index >= 15 is 0 Å². The minimum absolute atomic E-state index is 0.129. The van der Waals surface area contributed by atoms with Crippen molar-refractivity contribution < 1.29 is 19.4 Å². The van der Waals surface area contributed by atoms with Gasteiger partial charge < -0.3 is 15.2 Å². The Hall–Kier alpha value is -3.02. The molecule has 2 unspecified atom stereocenters. The number of carbonyl (C=O) groups is 2. The van der Waals surface area contributed by atoms with E-state index in [2.05, 4.69) is 5.32 Å². The fraction of sp³-hybridized carbons (Fsp3) is 0.300. The first-order valence-corrected chi connectivity index (χ1v) is 8.53. The number of urea groups is 1. The van der Waals surface area contributed by atoms with E-state index in [-0.39, 0.29) is 17.6 Å². The molecule has 0 aromatic heterocycles. The number of aryl methyl sites for hydroxylation is 1. The monoisotopic (exact) mass is 352 g/mol. The number of aromatic carboxylic acids is 1. The second-order valence-electron chi connectivity index (χ2n) is 7.11. The molecule has 2 aliphatic rings. The van der Waals surface area contributed by atoms with Gasteiger partial charge in [0, 0.05) is 12.0 Å². The summed E-state index contributed by atoms with van der Waals surface area (Å²) < 4.78 is 6.26. The summed E-state index contributed by atoms with van der Waals surface area (Å²) in [6, 6.07) is 10.4. The highest BCUT2D eigenvalue weighted by atomic mass is 16.5. The van der Waals surface area contributed by atoms with Crippen molar-refractivity contribution in [2.45, 2.75) is 39.0 Å². The molecule has 0 radical (unpaired) electrons.